The lowest BCUT2D eigenvalue weighted by Crippen LogP contribution is -2.32. The lowest BCUT2D eigenvalue weighted by atomic mass is 10.1. The number of aryl methyl sites for hydroxylation is 2. The molecular formula is C11H17N3. The van der Waals surface area contributed by atoms with E-state index in [1.807, 2.05) is 6.20 Å². The van der Waals surface area contributed by atoms with Crippen LogP contribution in [0.15, 0.2) is 6.20 Å². The van der Waals surface area contributed by atoms with Gasteiger partial charge in [-0.3, -0.25) is 5.32 Å². The smallest absolute Gasteiger partial charge is 0.107 e. The van der Waals surface area contributed by atoms with Gasteiger partial charge >= 0.3 is 0 Å². The van der Waals surface area contributed by atoms with Crippen LogP contribution < -0.4 is 5.32 Å². The van der Waals surface area contributed by atoms with Crippen LogP contribution in [0, 0.1) is 6.92 Å². The molecule has 14 heavy (non-hydrogen) atoms. The lowest BCUT2D eigenvalue weighted by molar-refractivity contribution is 0.325. The Morgan fingerprint density at radius 2 is 2.29 bits per heavy atom. The molecule has 3 nitrogen and oxygen atoms in total. The fourth-order valence-electron chi connectivity index (χ4n) is 2.40. The summed E-state index contributed by atoms with van der Waals surface area (Å²) in [5.74, 6) is 1.16. The highest BCUT2D eigenvalue weighted by Crippen LogP contribution is 2.29. The van der Waals surface area contributed by atoms with Crippen LogP contribution in [-0.4, -0.2) is 15.6 Å². The van der Waals surface area contributed by atoms with E-state index < -0.39 is 0 Å². The van der Waals surface area contributed by atoms with E-state index in [-0.39, 0.29) is 0 Å². The van der Waals surface area contributed by atoms with Crippen molar-refractivity contribution in [2.45, 2.75) is 51.2 Å². The number of hydrogen-bond acceptors (Lipinski definition) is 2. The molecule has 1 N–H and O–H groups in total. The summed E-state index contributed by atoms with van der Waals surface area (Å²) >= 11 is 0. The molecule has 1 fully saturated rings. The highest BCUT2D eigenvalue weighted by atomic mass is 15.2. The van der Waals surface area contributed by atoms with Crippen LogP contribution in [0.5, 0.6) is 0 Å². The predicted molar refractivity (Wildman–Crippen MR) is 55.1 cm³/mol. The van der Waals surface area contributed by atoms with Crippen LogP contribution in [0.1, 0.15) is 43.4 Å². The van der Waals surface area contributed by atoms with E-state index in [1.165, 1.54) is 37.8 Å². The molecule has 1 aliphatic heterocycles. The first-order valence-corrected chi connectivity index (χ1v) is 5.63. The highest BCUT2D eigenvalue weighted by molar-refractivity contribution is 5.09. The van der Waals surface area contributed by atoms with Gasteiger partial charge in [0, 0.05) is 17.9 Å². The van der Waals surface area contributed by atoms with E-state index in [9.17, 15) is 0 Å². The molecule has 1 aliphatic carbocycles. The van der Waals surface area contributed by atoms with Crippen molar-refractivity contribution in [2.75, 3.05) is 0 Å². The minimum Gasteiger partial charge on any atom is -0.316 e. The van der Waals surface area contributed by atoms with E-state index in [4.69, 9.17) is 0 Å². The lowest BCUT2D eigenvalue weighted by Gasteiger charge is -2.27. The van der Waals surface area contributed by atoms with Gasteiger partial charge < -0.3 is 4.57 Å². The Morgan fingerprint density at radius 3 is 3.07 bits per heavy atom. The summed E-state index contributed by atoms with van der Waals surface area (Å²) in [6, 6.07) is 0.785. The monoisotopic (exact) mass is 191 g/mol. The Hall–Kier alpha value is -0.830. The quantitative estimate of drug-likeness (QED) is 0.772. The molecule has 1 aromatic heterocycles. The summed E-state index contributed by atoms with van der Waals surface area (Å²) in [5.41, 5.74) is 1.41. The molecule has 0 radical (unpaired) electrons. The second-order valence-electron chi connectivity index (χ2n) is 4.52. The van der Waals surface area contributed by atoms with Gasteiger partial charge in [0.25, 0.3) is 0 Å². The van der Waals surface area contributed by atoms with E-state index in [2.05, 4.69) is 21.8 Å². The van der Waals surface area contributed by atoms with Crippen LogP contribution in [0.4, 0.5) is 0 Å². The summed E-state index contributed by atoms with van der Waals surface area (Å²) in [7, 11) is 0. The van der Waals surface area contributed by atoms with Gasteiger partial charge in [0.15, 0.2) is 0 Å². The van der Waals surface area contributed by atoms with Gasteiger partial charge in [0.05, 0.1) is 6.17 Å². The van der Waals surface area contributed by atoms with Gasteiger partial charge in [0.2, 0.25) is 0 Å². The molecule has 0 amide bonds. The molecule has 1 aromatic rings. The maximum atomic E-state index is 4.40. The first kappa shape index (κ1) is 8.48. The SMILES string of the molecule is Cc1ncc2n1C(NC1CC1)CCC2. The Labute approximate surface area is 84.5 Å². The fourth-order valence-corrected chi connectivity index (χ4v) is 2.40. The van der Waals surface area contributed by atoms with Gasteiger partial charge in [-0.2, -0.15) is 0 Å². The molecule has 1 unspecified atom stereocenters. The van der Waals surface area contributed by atoms with Crippen LogP contribution >= 0.6 is 0 Å². The van der Waals surface area contributed by atoms with Crippen LogP contribution in [-0.2, 0) is 6.42 Å². The van der Waals surface area contributed by atoms with Gasteiger partial charge in [0.1, 0.15) is 5.82 Å². The van der Waals surface area contributed by atoms with Crippen LogP contribution in [0.3, 0.4) is 0 Å². The van der Waals surface area contributed by atoms with Crippen molar-refractivity contribution >= 4 is 0 Å². The molecule has 0 aromatic carbocycles. The number of imidazole rings is 1. The minimum atomic E-state index is 0.522. The molecule has 2 heterocycles. The van der Waals surface area contributed by atoms with Crippen LogP contribution in [0.2, 0.25) is 0 Å². The standard InChI is InChI=1S/C11H17N3/c1-8-12-7-10-3-2-4-11(14(8)10)13-9-5-6-9/h7,9,11,13H,2-6H2,1H3. The molecule has 1 saturated carbocycles. The Balaban J connectivity index is 1.88. The van der Waals surface area contributed by atoms with Crippen LogP contribution in [0.25, 0.3) is 0 Å². The molecule has 2 aliphatic rings. The summed E-state index contributed by atoms with van der Waals surface area (Å²) in [6.07, 6.45) is 9.04. The maximum Gasteiger partial charge on any atom is 0.107 e. The maximum absolute atomic E-state index is 4.40. The van der Waals surface area contributed by atoms with Gasteiger partial charge in [-0.05, 0) is 39.0 Å². The summed E-state index contributed by atoms with van der Waals surface area (Å²) < 4.78 is 2.39. The van der Waals surface area contributed by atoms with Gasteiger partial charge in [-0.15, -0.1) is 0 Å². The average Bonchev–Trinajstić information content (AvgIpc) is 2.91. The Bertz CT molecular complexity index is 338. The van der Waals surface area contributed by atoms with Crippen molar-refractivity contribution in [2.24, 2.45) is 0 Å². The number of nitrogens with one attached hydrogen (secondary N) is 1. The third-order valence-corrected chi connectivity index (χ3v) is 3.29. The van der Waals surface area contributed by atoms with Crippen molar-refractivity contribution in [3.63, 3.8) is 0 Å². The van der Waals surface area contributed by atoms with Crippen molar-refractivity contribution in [1.82, 2.24) is 14.9 Å². The topological polar surface area (TPSA) is 29.9 Å². The Morgan fingerprint density at radius 1 is 1.43 bits per heavy atom. The van der Waals surface area contributed by atoms with Gasteiger partial charge in [-0.25, -0.2) is 4.98 Å². The molecule has 3 rings (SSSR count). The third kappa shape index (κ3) is 1.36. The largest absolute Gasteiger partial charge is 0.316 e. The number of fused-ring (bicyclic) bond motifs is 1. The highest BCUT2D eigenvalue weighted by Gasteiger charge is 2.28. The van der Waals surface area contributed by atoms with Crippen molar-refractivity contribution in [1.29, 1.82) is 0 Å². The molecule has 0 saturated heterocycles. The minimum absolute atomic E-state index is 0.522. The van der Waals surface area contributed by atoms with E-state index >= 15 is 0 Å². The Kier molecular flexibility index (Phi) is 1.87. The normalized spacial score (nSPS) is 26.2. The predicted octanol–water partition coefficient (Wildman–Crippen LogP) is 1.78. The molecule has 76 valence electrons. The second kappa shape index (κ2) is 3.09. The van der Waals surface area contributed by atoms with E-state index in [1.54, 1.807) is 0 Å². The van der Waals surface area contributed by atoms with Gasteiger partial charge in [-0.1, -0.05) is 0 Å². The number of aromatic nitrogens is 2. The number of nitrogens with zero attached hydrogens (tertiary/aromatic N) is 2. The van der Waals surface area contributed by atoms with Crippen molar-refractivity contribution in [3.05, 3.63) is 17.7 Å². The zero-order valence-corrected chi connectivity index (χ0v) is 8.66. The summed E-state index contributed by atoms with van der Waals surface area (Å²) in [4.78, 5) is 4.40. The zero-order chi connectivity index (χ0) is 9.54. The average molecular weight is 191 g/mol. The summed E-state index contributed by atoms with van der Waals surface area (Å²) in [6.45, 7) is 2.11. The molecule has 0 bridgehead atoms. The first-order valence-electron chi connectivity index (χ1n) is 5.63. The van der Waals surface area contributed by atoms with Crippen molar-refractivity contribution < 1.29 is 0 Å². The molecular weight excluding hydrogens is 174 g/mol. The fraction of sp³-hybridized carbons (Fsp3) is 0.727. The van der Waals surface area contributed by atoms with E-state index in [0.29, 0.717) is 6.17 Å². The molecule has 1 atom stereocenters. The second-order valence-corrected chi connectivity index (χ2v) is 4.52. The molecule has 0 spiro atoms. The number of rotatable bonds is 2. The molecule has 3 heteroatoms. The third-order valence-electron chi connectivity index (χ3n) is 3.29. The summed E-state index contributed by atoms with van der Waals surface area (Å²) in [5, 5.41) is 3.70. The van der Waals surface area contributed by atoms with E-state index in [0.717, 1.165) is 11.9 Å². The zero-order valence-electron chi connectivity index (χ0n) is 8.66. The number of hydrogen-bond donors (Lipinski definition) is 1. The first-order chi connectivity index (χ1) is 6.84. The van der Waals surface area contributed by atoms with Crippen molar-refractivity contribution in [3.8, 4) is 0 Å².